The molecule has 158 valence electrons. The molecule has 0 N–H and O–H groups in total. The lowest BCUT2D eigenvalue weighted by atomic mass is 10.0. The van der Waals surface area contributed by atoms with Gasteiger partial charge in [0.05, 0.1) is 24.9 Å². The molecular formula is C22H21F2NO5. The van der Waals surface area contributed by atoms with Crippen molar-refractivity contribution in [2.24, 2.45) is 0 Å². The van der Waals surface area contributed by atoms with Gasteiger partial charge in [0.1, 0.15) is 6.61 Å². The molecule has 1 aliphatic rings. The molecule has 1 atom stereocenters. The van der Waals surface area contributed by atoms with Gasteiger partial charge in [0.15, 0.2) is 17.1 Å². The number of carbonyl (C=O) groups excluding carboxylic acids is 2. The number of esters is 2. The predicted octanol–water partition coefficient (Wildman–Crippen LogP) is 3.92. The Bertz CT molecular complexity index is 942. The van der Waals surface area contributed by atoms with Gasteiger partial charge in [-0.3, -0.25) is 0 Å². The SMILES string of the molecule is CCOC(=O)C(=CN1c2ccc(F)c(F)c2OC[C@@H]1c1ccccc1)C(=O)OCC. The minimum Gasteiger partial charge on any atom is -0.486 e. The van der Waals surface area contributed by atoms with Gasteiger partial charge >= 0.3 is 11.9 Å². The molecule has 0 saturated heterocycles. The third-order valence-corrected chi connectivity index (χ3v) is 4.47. The summed E-state index contributed by atoms with van der Waals surface area (Å²) in [5.74, 6) is -4.26. The monoisotopic (exact) mass is 417 g/mol. The van der Waals surface area contributed by atoms with Gasteiger partial charge in [0.25, 0.3) is 0 Å². The average molecular weight is 417 g/mol. The van der Waals surface area contributed by atoms with E-state index in [1.54, 1.807) is 13.8 Å². The Kier molecular flexibility index (Phi) is 6.66. The van der Waals surface area contributed by atoms with Crippen molar-refractivity contribution in [3.8, 4) is 5.75 Å². The summed E-state index contributed by atoms with van der Waals surface area (Å²) in [5.41, 5.74) is 0.591. The zero-order valence-electron chi connectivity index (χ0n) is 16.6. The summed E-state index contributed by atoms with van der Waals surface area (Å²) in [7, 11) is 0. The molecule has 0 unspecified atom stereocenters. The highest BCUT2D eigenvalue weighted by Gasteiger charge is 2.33. The maximum Gasteiger partial charge on any atom is 0.347 e. The van der Waals surface area contributed by atoms with Crippen LogP contribution in [0.4, 0.5) is 14.5 Å². The van der Waals surface area contributed by atoms with Gasteiger partial charge < -0.3 is 19.1 Å². The maximum atomic E-state index is 14.4. The molecule has 0 aliphatic carbocycles. The summed E-state index contributed by atoms with van der Waals surface area (Å²) >= 11 is 0. The minimum atomic E-state index is -1.15. The van der Waals surface area contributed by atoms with Crippen molar-refractivity contribution in [1.82, 2.24) is 0 Å². The summed E-state index contributed by atoms with van der Waals surface area (Å²) in [6.45, 7) is 3.28. The van der Waals surface area contributed by atoms with Crippen LogP contribution >= 0.6 is 0 Å². The second-order valence-electron chi connectivity index (χ2n) is 6.34. The standard InChI is InChI=1S/C22H21F2NO5/c1-3-28-21(26)15(22(27)29-4-2)12-25-17-11-10-16(23)19(24)20(17)30-13-18(25)14-8-6-5-7-9-14/h5-12,18H,3-4,13H2,1-2H3/t18-/m1/s1. The van der Waals surface area contributed by atoms with Gasteiger partial charge in [-0.15, -0.1) is 0 Å². The Morgan fingerprint density at radius 1 is 1.07 bits per heavy atom. The molecule has 1 aliphatic heterocycles. The first-order valence-corrected chi connectivity index (χ1v) is 9.48. The Balaban J connectivity index is 2.16. The van der Waals surface area contributed by atoms with E-state index in [0.29, 0.717) is 0 Å². The second-order valence-corrected chi connectivity index (χ2v) is 6.34. The molecule has 3 rings (SSSR count). The molecule has 0 saturated carbocycles. The van der Waals surface area contributed by atoms with Gasteiger partial charge in [-0.2, -0.15) is 4.39 Å². The molecule has 0 bridgehead atoms. The molecule has 0 radical (unpaired) electrons. The quantitative estimate of drug-likeness (QED) is 0.307. The molecule has 6 nitrogen and oxygen atoms in total. The van der Waals surface area contributed by atoms with Crippen LogP contribution in [0.2, 0.25) is 0 Å². The van der Waals surface area contributed by atoms with E-state index < -0.39 is 29.6 Å². The third-order valence-electron chi connectivity index (χ3n) is 4.47. The average Bonchev–Trinajstić information content (AvgIpc) is 2.75. The van der Waals surface area contributed by atoms with Gasteiger partial charge in [0.2, 0.25) is 5.82 Å². The van der Waals surface area contributed by atoms with Gasteiger partial charge in [-0.1, -0.05) is 30.3 Å². The van der Waals surface area contributed by atoms with E-state index in [0.717, 1.165) is 11.6 Å². The van der Waals surface area contributed by atoms with Crippen molar-refractivity contribution in [1.29, 1.82) is 0 Å². The van der Waals surface area contributed by atoms with E-state index in [1.807, 2.05) is 30.3 Å². The fraction of sp³-hybridized carbons (Fsp3) is 0.273. The summed E-state index contributed by atoms with van der Waals surface area (Å²) < 4.78 is 43.6. The normalized spacial score (nSPS) is 14.9. The molecule has 0 fully saturated rings. The first kappa shape index (κ1) is 21.3. The van der Waals surface area contributed by atoms with Crippen molar-refractivity contribution < 1.29 is 32.6 Å². The van der Waals surface area contributed by atoms with Crippen LogP contribution in [0.15, 0.2) is 54.2 Å². The van der Waals surface area contributed by atoms with E-state index in [-0.39, 0.29) is 36.8 Å². The van der Waals surface area contributed by atoms with Crippen LogP contribution in [-0.4, -0.2) is 31.8 Å². The van der Waals surface area contributed by atoms with Crippen LogP contribution in [0.5, 0.6) is 5.75 Å². The number of hydrogen-bond acceptors (Lipinski definition) is 6. The van der Waals surface area contributed by atoms with Crippen molar-refractivity contribution >= 4 is 17.6 Å². The molecule has 2 aromatic rings. The summed E-state index contributed by atoms with van der Waals surface area (Å²) in [6, 6.07) is 10.9. The van der Waals surface area contributed by atoms with Crippen LogP contribution < -0.4 is 9.64 Å². The van der Waals surface area contributed by atoms with E-state index in [1.165, 1.54) is 17.2 Å². The van der Waals surface area contributed by atoms with Gasteiger partial charge in [0, 0.05) is 6.20 Å². The van der Waals surface area contributed by atoms with Crippen LogP contribution in [0.25, 0.3) is 0 Å². The van der Waals surface area contributed by atoms with Gasteiger partial charge in [-0.25, -0.2) is 14.0 Å². The highest BCUT2D eigenvalue weighted by atomic mass is 19.2. The number of nitrogens with zero attached hydrogens (tertiary/aromatic N) is 1. The summed E-state index contributed by atoms with van der Waals surface area (Å²) in [6.07, 6.45) is 1.24. The van der Waals surface area contributed by atoms with Crippen molar-refractivity contribution in [3.63, 3.8) is 0 Å². The molecule has 0 amide bonds. The van der Waals surface area contributed by atoms with E-state index >= 15 is 0 Å². The van der Waals surface area contributed by atoms with E-state index in [4.69, 9.17) is 14.2 Å². The van der Waals surface area contributed by atoms with Crippen molar-refractivity contribution in [2.45, 2.75) is 19.9 Å². The Labute approximate surface area is 172 Å². The minimum absolute atomic E-state index is 0.0349. The summed E-state index contributed by atoms with van der Waals surface area (Å²) in [5, 5.41) is 0. The lowest BCUT2D eigenvalue weighted by Crippen LogP contribution is -2.35. The number of benzene rings is 2. The maximum absolute atomic E-state index is 14.4. The molecule has 0 spiro atoms. The van der Waals surface area contributed by atoms with Crippen LogP contribution in [0, 0.1) is 11.6 Å². The number of anilines is 1. The van der Waals surface area contributed by atoms with Crippen LogP contribution in [-0.2, 0) is 19.1 Å². The molecule has 0 aromatic heterocycles. The van der Waals surface area contributed by atoms with Crippen LogP contribution in [0.1, 0.15) is 25.5 Å². The first-order valence-electron chi connectivity index (χ1n) is 9.48. The third kappa shape index (κ3) is 4.27. The molecule has 8 heteroatoms. The highest BCUT2D eigenvalue weighted by molar-refractivity contribution is 6.14. The molecule has 30 heavy (non-hydrogen) atoms. The fourth-order valence-corrected chi connectivity index (χ4v) is 3.11. The largest absolute Gasteiger partial charge is 0.486 e. The number of fused-ring (bicyclic) bond motifs is 1. The van der Waals surface area contributed by atoms with Crippen molar-refractivity contribution in [2.75, 3.05) is 24.7 Å². The number of rotatable bonds is 6. The lowest BCUT2D eigenvalue weighted by molar-refractivity contribution is -0.146. The van der Waals surface area contributed by atoms with E-state index in [9.17, 15) is 18.4 Å². The zero-order chi connectivity index (χ0) is 21.7. The number of hydrogen-bond donors (Lipinski definition) is 0. The fourth-order valence-electron chi connectivity index (χ4n) is 3.11. The highest BCUT2D eigenvalue weighted by Crippen LogP contribution is 2.42. The van der Waals surface area contributed by atoms with E-state index in [2.05, 4.69) is 0 Å². The molecular weight excluding hydrogens is 396 g/mol. The van der Waals surface area contributed by atoms with Crippen LogP contribution in [0.3, 0.4) is 0 Å². The van der Waals surface area contributed by atoms with Crippen molar-refractivity contribution in [3.05, 3.63) is 71.4 Å². The number of halogens is 2. The Morgan fingerprint density at radius 2 is 1.70 bits per heavy atom. The lowest BCUT2D eigenvalue weighted by Gasteiger charge is -2.37. The first-order chi connectivity index (χ1) is 14.5. The molecule has 1 heterocycles. The Hall–Kier alpha value is -3.42. The topological polar surface area (TPSA) is 65.1 Å². The summed E-state index contributed by atoms with van der Waals surface area (Å²) in [4.78, 5) is 26.4. The number of carbonyl (C=O) groups is 2. The zero-order valence-corrected chi connectivity index (χ0v) is 16.6. The van der Waals surface area contributed by atoms with Gasteiger partial charge in [-0.05, 0) is 31.5 Å². The predicted molar refractivity (Wildman–Crippen MR) is 105 cm³/mol. The molecule has 2 aromatic carbocycles. The second kappa shape index (κ2) is 9.39. The number of ether oxygens (including phenoxy) is 3. The Morgan fingerprint density at radius 3 is 2.30 bits per heavy atom. The smallest absolute Gasteiger partial charge is 0.347 e.